The zero-order chi connectivity index (χ0) is 15.7. The van der Waals surface area contributed by atoms with Crippen LogP contribution in [-0.2, 0) is 9.59 Å². The number of aliphatic hydroxyl groups is 1. The molecular formula is C14H17N3O4. The topological polar surface area (TPSA) is 108 Å². The van der Waals surface area contributed by atoms with E-state index in [1.807, 2.05) is 0 Å². The van der Waals surface area contributed by atoms with Gasteiger partial charge in [0.1, 0.15) is 0 Å². The van der Waals surface area contributed by atoms with E-state index in [1.165, 1.54) is 18.2 Å². The van der Waals surface area contributed by atoms with E-state index in [4.69, 9.17) is 5.11 Å². The number of rotatable bonds is 6. The standard InChI is InChI=1S/C14H17N3O4/c1-2-7-15-12(19)10-5-3-4-6-11(10)17-14(21)13(20)16-8-9-18/h2-6,18H,1,7-9H2,(H,15,19)(H,16,20)(H,17,21). The average molecular weight is 291 g/mol. The molecule has 21 heavy (non-hydrogen) atoms. The fraction of sp³-hybridized carbons (Fsp3) is 0.214. The van der Waals surface area contributed by atoms with Gasteiger partial charge >= 0.3 is 11.8 Å². The molecule has 0 aliphatic rings. The Kier molecular flexibility index (Phi) is 6.62. The number of aliphatic hydroxyl groups excluding tert-OH is 1. The van der Waals surface area contributed by atoms with E-state index < -0.39 is 11.8 Å². The third-order valence-electron chi connectivity index (χ3n) is 2.43. The highest BCUT2D eigenvalue weighted by atomic mass is 16.3. The molecule has 0 unspecified atom stereocenters. The van der Waals surface area contributed by atoms with Crippen molar-refractivity contribution in [1.82, 2.24) is 10.6 Å². The molecule has 4 N–H and O–H groups in total. The Morgan fingerprint density at radius 2 is 1.86 bits per heavy atom. The minimum Gasteiger partial charge on any atom is -0.395 e. The first-order valence-electron chi connectivity index (χ1n) is 6.28. The number of carbonyl (C=O) groups is 3. The van der Waals surface area contributed by atoms with Crippen LogP contribution in [0, 0.1) is 0 Å². The van der Waals surface area contributed by atoms with Gasteiger partial charge in [-0.1, -0.05) is 18.2 Å². The van der Waals surface area contributed by atoms with Crippen molar-refractivity contribution in [3.63, 3.8) is 0 Å². The van der Waals surface area contributed by atoms with E-state index in [1.54, 1.807) is 12.1 Å². The molecule has 0 fully saturated rings. The van der Waals surface area contributed by atoms with Gasteiger partial charge in [0.05, 0.1) is 17.9 Å². The number of nitrogens with one attached hydrogen (secondary N) is 3. The second-order valence-corrected chi connectivity index (χ2v) is 3.98. The SMILES string of the molecule is C=CCNC(=O)c1ccccc1NC(=O)C(=O)NCCO. The van der Waals surface area contributed by atoms with Gasteiger partial charge in [0.2, 0.25) is 0 Å². The molecule has 112 valence electrons. The summed E-state index contributed by atoms with van der Waals surface area (Å²) in [4.78, 5) is 35.0. The Bertz CT molecular complexity index is 543. The normalized spacial score (nSPS) is 9.57. The van der Waals surface area contributed by atoms with Crippen LogP contribution < -0.4 is 16.0 Å². The third kappa shape index (κ3) is 5.07. The molecule has 1 rings (SSSR count). The van der Waals surface area contributed by atoms with Crippen LogP contribution in [0.3, 0.4) is 0 Å². The molecule has 0 atom stereocenters. The number of anilines is 1. The van der Waals surface area contributed by atoms with Crippen molar-refractivity contribution >= 4 is 23.4 Å². The van der Waals surface area contributed by atoms with Gasteiger partial charge in [-0.3, -0.25) is 14.4 Å². The van der Waals surface area contributed by atoms with E-state index in [9.17, 15) is 14.4 Å². The smallest absolute Gasteiger partial charge is 0.313 e. The lowest BCUT2D eigenvalue weighted by Crippen LogP contribution is -2.37. The number of hydrogen-bond donors (Lipinski definition) is 4. The minimum absolute atomic E-state index is 0.0201. The fourth-order valence-electron chi connectivity index (χ4n) is 1.48. The first kappa shape index (κ1) is 16.4. The van der Waals surface area contributed by atoms with Gasteiger partial charge in [-0.2, -0.15) is 0 Å². The lowest BCUT2D eigenvalue weighted by atomic mass is 10.1. The second-order valence-electron chi connectivity index (χ2n) is 3.98. The van der Waals surface area contributed by atoms with Crippen LogP contribution in [0.15, 0.2) is 36.9 Å². The number of hydrogen-bond acceptors (Lipinski definition) is 4. The van der Waals surface area contributed by atoms with E-state index >= 15 is 0 Å². The van der Waals surface area contributed by atoms with Crippen molar-refractivity contribution in [3.8, 4) is 0 Å². The van der Waals surface area contributed by atoms with Gasteiger partial charge in [0.25, 0.3) is 5.91 Å². The summed E-state index contributed by atoms with van der Waals surface area (Å²) < 4.78 is 0. The molecule has 0 aliphatic carbocycles. The first-order valence-corrected chi connectivity index (χ1v) is 6.28. The van der Waals surface area contributed by atoms with Gasteiger partial charge in [0, 0.05) is 13.1 Å². The van der Waals surface area contributed by atoms with Gasteiger partial charge in [-0.25, -0.2) is 0 Å². The largest absolute Gasteiger partial charge is 0.395 e. The maximum absolute atomic E-state index is 11.9. The van der Waals surface area contributed by atoms with Crippen molar-refractivity contribution < 1.29 is 19.5 Å². The Hall–Kier alpha value is -2.67. The van der Waals surface area contributed by atoms with E-state index in [-0.39, 0.29) is 36.9 Å². The minimum atomic E-state index is -0.910. The predicted octanol–water partition coefficient (Wildman–Crippen LogP) is -0.351. The van der Waals surface area contributed by atoms with Crippen LogP contribution in [0.2, 0.25) is 0 Å². The summed E-state index contributed by atoms with van der Waals surface area (Å²) in [5.74, 6) is -2.18. The molecule has 0 saturated carbocycles. The first-order chi connectivity index (χ1) is 10.1. The molecular weight excluding hydrogens is 274 g/mol. The summed E-state index contributed by atoms with van der Waals surface area (Å²) in [5, 5.41) is 15.7. The van der Waals surface area contributed by atoms with Gasteiger partial charge in [-0.15, -0.1) is 6.58 Å². The van der Waals surface area contributed by atoms with Crippen molar-refractivity contribution in [2.24, 2.45) is 0 Å². The van der Waals surface area contributed by atoms with Crippen LogP contribution in [-0.4, -0.2) is 42.5 Å². The molecule has 0 aliphatic heterocycles. The zero-order valence-electron chi connectivity index (χ0n) is 11.4. The van der Waals surface area contributed by atoms with Gasteiger partial charge in [-0.05, 0) is 12.1 Å². The molecule has 0 spiro atoms. The highest BCUT2D eigenvalue weighted by Gasteiger charge is 2.17. The number of amides is 3. The summed E-state index contributed by atoms with van der Waals surface area (Å²) in [6, 6.07) is 6.32. The van der Waals surface area contributed by atoms with Crippen LogP contribution in [0.4, 0.5) is 5.69 Å². The van der Waals surface area contributed by atoms with Crippen LogP contribution in [0.1, 0.15) is 10.4 Å². The van der Waals surface area contributed by atoms with E-state index in [0.29, 0.717) is 0 Å². The Morgan fingerprint density at radius 3 is 2.52 bits per heavy atom. The lowest BCUT2D eigenvalue weighted by Gasteiger charge is -2.10. The van der Waals surface area contributed by atoms with Gasteiger partial charge < -0.3 is 21.1 Å². The van der Waals surface area contributed by atoms with E-state index in [2.05, 4.69) is 22.5 Å². The highest BCUT2D eigenvalue weighted by Crippen LogP contribution is 2.14. The van der Waals surface area contributed by atoms with Crippen molar-refractivity contribution in [1.29, 1.82) is 0 Å². The average Bonchev–Trinajstić information content (AvgIpc) is 2.50. The van der Waals surface area contributed by atoms with Crippen molar-refractivity contribution in [3.05, 3.63) is 42.5 Å². The molecule has 0 aromatic heterocycles. The van der Waals surface area contributed by atoms with Crippen molar-refractivity contribution in [2.75, 3.05) is 25.0 Å². The lowest BCUT2D eigenvalue weighted by molar-refractivity contribution is -0.136. The fourth-order valence-corrected chi connectivity index (χ4v) is 1.48. The molecule has 1 aromatic rings. The predicted molar refractivity (Wildman–Crippen MR) is 77.7 cm³/mol. The van der Waals surface area contributed by atoms with Crippen LogP contribution >= 0.6 is 0 Å². The summed E-state index contributed by atoms with van der Waals surface area (Å²) >= 11 is 0. The highest BCUT2D eigenvalue weighted by molar-refractivity contribution is 6.40. The molecule has 1 aromatic carbocycles. The summed E-state index contributed by atoms with van der Waals surface area (Å²) in [6.07, 6.45) is 1.53. The molecule has 0 bridgehead atoms. The number of para-hydroxylation sites is 1. The Morgan fingerprint density at radius 1 is 1.14 bits per heavy atom. The summed E-state index contributed by atoms with van der Waals surface area (Å²) in [7, 11) is 0. The number of benzene rings is 1. The zero-order valence-corrected chi connectivity index (χ0v) is 11.4. The monoisotopic (exact) mass is 291 g/mol. The number of carbonyl (C=O) groups excluding carboxylic acids is 3. The Labute approximate surface area is 122 Å². The molecule has 0 radical (unpaired) electrons. The molecule has 0 saturated heterocycles. The van der Waals surface area contributed by atoms with Crippen LogP contribution in [0.5, 0.6) is 0 Å². The molecule has 0 heterocycles. The second kappa shape index (κ2) is 8.49. The third-order valence-corrected chi connectivity index (χ3v) is 2.43. The Balaban J connectivity index is 2.79. The van der Waals surface area contributed by atoms with E-state index in [0.717, 1.165) is 0 Å². The molecule has 3 amide bonds. The quantitative estimate of drug-likeness (QED) is 0.424. The van der Waals surface area contributed by atoms with Crippen molar-refractivity contribution in [2.45, 2.75) is 0 Å². The summed E-state index contributed by atoms with van der Waals surface area (Å²) in [5.41, 5.74) is 0.464. The maximum atomic E-state index is 11.9. The molecule has 7 heteroatoms. The summed E-state index contributed by atoms with van der Waals surface area (Å²) in [6.45, 7) is 3.50. The molecule has 7 nitrogen and oxygen atoms in total. The maximum Gasteiger partial charge on any atom is 0.313 e. The van der Waals surface area contributed by atoms with Gasteiger partial charge in [0.15, 0.2) is 0 Å². The van der Waals surface area contributed by atoms with Crippen LogP contribution in [0.25, 0.3) is 0 Å².